The smallest absolute Gasteiger partial charge is 0.316 e. The van der Waals surface area contributed by atoms with Crippen molar-refractivity contribution in [1.82, 2.24) is 14.3 Å². The third-order valence-electron chi connectivity index (χ3n) is 11.0. The van der Waals surface area contributed by atoms with Crippen LogP contribution >= 0.6 is 0 Å². The van der Waals surface area contributed by atoms with Crippen molar-refractivity contribution in [1.29, 1.82) is 0 Å². The van der Waals surface area contributed by atoms with Gasteiger partial charge >= 0.3 is 5.97 Å². The van der Waals surface area contributed by atoms with Gasteiger partial charge in [0.15, 0.2) is 0 Å². The Hall–Kier alpha value is -5.05. The van der Waals surface area contributed by atoms with E-state index in [1.807, 2.05) is 65.2 Å². The number of carbonyl (C=O) groups is 2. The minimum atomic E-state index is -1.30. The summed E-state index contributed by atoms with van der Waals surface area (Å²) < 4.78 is 15.1. The number of benzene rings is 3. The molecule has 9 nitrogen and oxygen atoms in total. The monoisotopic (exact) mass is 616 g/mol. The Labute approximate surface area is 266 Å². The molecule has 4 aliphatic rings. The standard InChI is InChI=1S/C37H36N4O5/c1-45-31-9-5-10-32(46-2)33(31)30-20-27(35(42)40-14-6-13-39-40)34(41(30)29-12-11-28(38)25-7-3-4-8-26(25)29)37(36(43)44)23-16-21-15-22(18-23)19-24(37)17-21/h3-14,20-24H,15-19,38H2,1-2H3,(H,43,44). The van der Waals surface area contributed by atoms with Crippen molar-refractivity contribution in [2.45, 2.75) is 37.5 Å². The Kier molecular flexibility index (Phi) is 6.49. The second kappa shape index (κ2) is 10.5. The number of carbonyl (C=O) groups excluding carboxylic acids is 1. The number of fused-ring (bicyclic) bond motifs is 1. The summed E-state index contributed by atoms with van der Waals surface area (Å²) in [5.41, 5.74) is 8.57. The molecule has 4 aliphatic carbocycles. The number of aromatic nitrogens is 3. The average Bonchev–Trinajstić information content (AvgIpc) is 3.74. The molecule has 5 aromatic rings. The summed E-state index contributed by atoms with van der Waals surface area (Å²) >= 11 is 0. The molecule has 0 atom stereocenters. The number of nitrogen functional groups attached to an aromatic ring is 1. The molecule has 0 spiro atoms. The third kappa shape index (κ3) is 3.90. The topological polar surface area (TPSA) is 122 Å². The lowest BCUT2D eigenvalue weighted by molar-refractivity contribution is -0.162. The Bertz CT molecular complexity index is 1960. The quantitative estimate of drug-likeness (QED) is 0.199. The fourth-order valence-corrected chi connectivity index (χ4v) is 9.40. The van der Waals surface area contributed by atoms with Gasteiger partial charge in [0.1, 0.15) is 16.9 Å². The molecule has 9 rings (SSSR count). The van der Waals surface area contributed by atoms with Crippen LogP contribution in [0.4, 0.5) is 5.69 Å². The molecule has 4 saturated carbocycles. The summed E-state index contributed by atoms with van der Waals surface area (Å²) in [5.74, 6) is 0.591. The van der Waals surface area contributed by atoms with E-state index in [1.165, 1.54) is 4.68 Å². The molecule has 9 heteroatoms. The highest BCUT2D eigenvalue weighted by molar-refractivity contribution is 6.04. The molecule has 3 aromatic carbocycles. The summed E-state index contributed by atoms with van der Waals surface area (Å²) in [5, 5.41) is 17.6. The molecular formula is C37H36N4O5. The fraction of sp³-hybridized carbons (Fsp3) is 0.324. The molecule has 0 radical (unpaired) electrons. The second-order valence-corrected chi connectivity index (χ2v) is 13.1. The first-order chi connectivity index (χ1) is 22.4. The van der Waals surface area contributed by atoms with Gasteiger partial charge in [-0.05, 0) is 92.2 Å². The zero-order valence-electron chi connectivity index (χ0n) is 25.8. The van der Waals surface area contributed by atoms with Crippen LogP contribution in [0.1, 0.15) is 48.2 Å². The lowest BCUT2D eigenvalue weighted by Gasteiger charge is -2.59. The number of methoxy groups -OCH3 is 2. The summed E-state index contributed by atoms with van der Waals surface area (Å²) in [4.78, 5) is 28.7. The van der Waals surface area contributed by atoms with Gasteiger partial charge in [0.25, 0.3) is 5.91 Å². The first-order valence-electron chi connectivity index (χ1n) is 15.9. The van der Waals surface area contributed by atoms with Crippen LogP contribution in [0.25, 0.3) is 27.7 Å². The van der Waals surface area contributed by atoms with Gasteiger partial charge in [-0.25, -0.2) is 4.68 Å². The molecule has 46 heavy (non-hydrogen) atoms. The van der Waals surface area contributed by atoms with Crippen molar-refractivity contribution < 1.29 is 24.2 Å². The molecular weight excluding hydrogens is 580 g/mol. The third-order valence-corrected chi connectivity index (χ3v) is 11.0. The van der Waals surface area contributed by atoms with Crippen LogP contribution in [-0.4, -0.2) is 45.6 Å². The minimum absolute atomic E-state index is 0.119. The summed E-state index contributed by atoms with van der Waals surface area (Å²) in [6, 6.07) is 20.7. The van der Waals surface area contributed by atoms with Crippen molar-refractivity contribution in [3.8, 4) is 28.4 Å². The number of carboxylic acids is 1. The largest absolute Gasteiger partial charge is 0.496 e. The molecule has 0 saturated heterocycles. The van der Waals surface area contributed by atoms with Crippen LogP contribution in [-0.2, 0) is 10.2 Å². The maximum absolute atomic E-state index is 14.6. The maximum atomic E-state index is 14.6. The van der Waals surface area contributed by atoms with Gasteiger partial charge in [-0.15, -0.1) is 0 Å². The molecule has 2 heterocycles. The zero-order valence-corrected chi connectivity index (χ0v) is 25.8. The van der Waals surface area contributed by atoms with E-state index in [1.54, 1.807) is 32.7 Å². The van der Waals surface area contributed by atoms with Crippen LogP contribution < -0.4 is 15.2 Å². The Balaban J connectivity index is 1.56. The second-order valence-electron chi connectivity index (χ2n) is 13.1. The minimum Gasteiger partial charge on any atom is -0.496 e. The first-order valence-corrected chi connectivity index (χ1v) is 15.9. The fourth-order valence-electron chi connectivity index (χ4n) is 9.40. The molecule has 234 valence electrons. The number of ether oxygens (including phenoxy) is 2. The maximum Gasteiger partial charge on any atom is 0.316 e. The van der Waals surface area contributed by atoms with Gasteiger partial charge in [0, 0.05) is 28.9 Å². The normalized spacial score (nSPS) is 24.7. The number of hydrogen-bond donors (Lipinski definition) is 2. The van der Waals surface area contributed by atoms with E-state index < -0.39 is 11.4 Å². The highest BCUT2D eigenvalue weighted by atomic mass is 16.5. The number of carboxylic acid groups (broad SMARTS) is 1. The Morgan fingerprint density at radius 3 is 2.11 bits per heavy atom. The number of nitrogens with two attached hydrogens (primary N) is 1. The Morgan fingerprint density at radius 2 is 1.52 bits per heavy atom. The van der Waals surface area contributed by atoms with Gasteiger partial charge in [-0.1, -0.05) is 30.3 Å². The van der Waals surface area contributed by atoms with E-state index in [2.05, 4.69) is 5.10 Å². The van der Waals surface area contributed by atoms with E-state index in [0.29, 0.717) is 51.5 Å². The molecule has 0 aliphatic heterocycles. The van der Waals surface area contributed by atoms with E-state index in [9.17, 15) is 14.7 Å². The van der Waals surface area contributed by atoms with Crippen LogP contribution in [0.15, 0.2) is 79.1 Å². The number of hydrogen-bond acceptors (Lipinski definition) is 6. The molecule has 3 N–H and O–H groups in total. The van der Waals surface area contributed by atoms with Crippen molar-refractivity contribution in [3.63, 3.8) is 0 Å². The Morgan fingerprint density at radius 1 is 0.870 bits per heavy atom. The number of aliphatic carboxylic acids is 1. The van der Waals surface area contributed by atoms with E-state index in [0.717, 1.165) is 48.6 Å². The van der Waals surface area contributed by atoms with Crippen LogP contribution in [0.2, 0.25) is 0 Å². The zero-order chi connectivity index (χ0) is 31.7. The van der Waals surface area contributed by atoms with E-state index in [4.69, 9.17) is 15.2 Å². The number of rotatable bonds is 7. The SMILES string of the molecule is COc1cccc(OC)c1-c1cc(C(=O)n2cccn2)c(C2(C(=O)O)C3CC4CC(C3)CC2C4)n1-c1ccc(N)c2ccccc12. The lowest BCUT2D eigenvalue weighted by atomic mass is 9.44. The van der Waals surface area contributed by atoms with Crippen molar-refractivity contribution >= 4 is 28.3 Å². The highest BCUT2D eigenvalue weighted by Gasteiger charge is 2.64. The van der Waals surface area contributed by atoms with Crippen LogP contribution in [0, 0.1) is 23.7 Å². The number of nitrogens with zero attached hydrogens (tertiary/aromatic N) is 3. The van der Waals surface area contributed by atoms with Gasteiger partial charge in [-0.2, -0.15) is 5.10 Å². The highest BCUT2D eigenvalue weighted by Crippen LogP contribution is 2.64. The van der Waals surface area contributed by atoms with Gasteiger partial charge in [-0.3, -0.25) is 9.59 Å². The van der Waals surface area contributed by atoms with Crippen molar-refractivity contribution in [2.24, 2.45) is 23.7 Å². The van der Waals surface area contributed by atoms with E-state index >= 15 is 0 Å². The lowest BCUT2D eigenvalue weighted by Crippen LogP contribution is -2.60. The summed E-state index contributed by atoms with van der Waals surface area (Å²) in [6.07, 6.45) is 7.64. The molecule has 4 fully saturated rings. The van der Waals surface area contributed by atoms with Crippen molar-refractivity contribution in [2.75, 3.05) is 20.0 Å². The molecule has 0 amide bonds. The van der Waals surface area contributed by atoms with Gasteiger partial charge < -0.3 is 24.9 Å². The van der Waals surface area contributed by atoms with Crippen LogP contribution in [0.3, 0.4) is 0 Å². The van der Waals surface area contributed by atoms with E-state index in [-0.39, 0.29) is 17.7 Å². The summed E-state index contributed by atoms with van der Waals surface area (Å²) in [6.45, 7) is 0. The first kappa shape index (κ1) is 28.4. The molecule has 0 unspecified atom stereocenters. The predicted molar refractivity (Wildman–Crippen MR) is 175 cm³/mol. The molecule has 2 aromatic heterocycles. The van der Waals surface area contributed by atoms with Gasteiger partial charge in [0.05, 0.1) is 42.4 Å². The molecule has 4 bridgehead atoms. The van der Waals surface area contributed by atoms with Crippen molar-refractivity contribution in [3.05, 3.63) is 90.4 Å². The van der Waals surface area contributed by atoms with Gasteiger partial charge in [0.2, 0.25) is 0 Å². The average molecular weight is 617 g/mol. The summed E-state index contributed by atoms with van der Waals surface area (Å²) in [7, 11) is 3.19. The number of anilines is 1. The predicted octanol–water partition coefficient (Wildman–Crippen LogP) is 6.56. The van der Waals surface area contributed by atoms with Crippen LogP contribution in [0.5, 0.6) is 11.5 Å².